The van der Waals surface area contributed by atoms with Crippen LogP contribution in [0.25, 0.3) is 16.7 Å². The molecule has 1 heterocycles. The van der Waals surface area contributed by atoms with E-state index in [-0.39, 0.29) is 0 Å². The molecule has 1 aromatic heterocycles. The van der Waals surface area contributed by atoms with Gasteiger partial charge in [0.2, 0.25) is 0 Å². The normalized spacial score (nSPS) is 12.5. The first kappa shape index (κ1) is 16.0. The van der Waals surface area contributed by atoms with Crippen LogP contribution in [0, 0.1) is 0 Å². The molecular weight excluding hydrogens is 320 g/mol. The van der Waals surface area contributed by atoms with Gasteiger partial charge in [-0.3, -0.25) is 4.99 Å². The van der Waals surface area contributed by atoms with Crippen molar-refractivity contribution in [3.63, 3.8) is 0 Å². The van der Waals surface area contributed by atoms with Gasteiger partial charge in [-0.2, -0.15) is 0 Å². The van der Waals surface area contributed by atoms with Crippen molar-refractivity contribution in [1.82, 2.24) is 15.0 Å². The highest BCUT2D eigenvalue weighted by atomic mass is 15.4. The van der Waals surface area contributed by atoms with Crippen molar-refractivity contribution < 1.29 is 0 Å². The van der Waals surface area contributed by atoms with Crippen LogP contribution >= 0.6 is 0 Å². The van der Waals surface area contributed by atoms with Crippen molar-refractivity contribution in [1.29, 1.82) is 0 Å². The van der Waals surface area contributed by atoms with E-state index in [4.69, 9.17) is 0 Å². The zero-order valence-corrected chi connectivity index (χ0v) is 14.4. The quantitative estimate of drug-likeness (QED) is 0.485. The fourth-order valence-electron chi connectivity index (χ4n) is 2.89. The number of nitrogens with zero attached hydrogens (tertiary/aromatic N) is 4. The number of fused-ring (bicyclic) bond motifs is 1. The largest absolute Gasteiger partial charge is 0.257 e. The van der Waals surface area contributed by atoms with Crippen LogP contribution in [0.2, 0.25) is 0 Å². The predicted molar refractivity (Wildman–Crippen MR) is 107 cm³/mol. The Labute approximate surface area is 152 Å². The Hall–Kier alpha value is -3.53. The second-order valence-electron chi connectivity index (χ2n) is 5.98. The average molecular weight is 338 g/mol. The fraction of sp³-hybridized carbons (Fsp3) is 0.0455. The highest BCUT2D eigenvalue weighted by Gasteiger charge is 2.13. The molecule has 0 bridgehead atoms. The molecule has 0 saturated heterocycles. The average Bonchev–Trinajstić information content (AvgIpc) is 3.12. The van der Waals surface area contributed by atoms with Gasteiger partial charge < -0.3 is 0 Å². The maximum atomic E-state index is 4.60. The van der Waals surface area contributed by atoms with Gasteiger partial charge in [0.15, 0.2) is 0 Å². The molecule has 26 heavy (non-hydrogen) atoms. The Kier molecular flexibility index (Phi) is 4.39. The number of aliphatic imine (C=N–C) groups is 1. The van der Waals surface area contributed by atoms with Crippen molar-refractivity contribution in [2.24, 2.45) is 4.99 Å². The maximum Gasteiger partial charge on any atom is 0.113 e. The van der Waals surface area contributed by atoms with Gasteiger partial charge in [-0.05, 0) is 36.8 Å². The molecule has 0 fully saturated rings. The number of para-hydroxylation sites is 2. The van der Waals surface area contributed by atoms with Crippen LogP contribution in [0.15, 0.2) is 95.5 Å². The molecule has 0 saturated carbocycles. The van der Waals surface area contributed by atoms with Gasteiger partial charge in [-0.25, -0.2) is 4.68 Å². The monoisotopic (exact) mass is 338 g/mol. The molecule has 126 valence electrons. The standard InChI is InChI=1S/C22H18N4/c1-17(16-23-19-12-6-3-7-13-19)22(18-10-4-2-5-11-18)26-21-15-9-8-14-20(21)24-25-26/h2-16H,1H3/b22-17+,23-16?. The molecule has 4 aromatic rings. The summed E-state index contributed by atoms with van der Waals surface area (Å²) in [5, 5.41) is 8.70. The third kappa shape index (κ3) is 3.17. The second kappa shape index (κ2) is 7.15. The van der Waals surface area contributed by atoms with Crippen LogP contribution in [-0.2, 0) is 0 Å². The van der Waals surface area contributed by atoms with Gasteiger partial charge in [-0.1, -0.05) is 65.9 Å². The molecule has 0 unspecified atom stereocenters. The maximum absolute atomic E-state index is 4.60. The van der Waals surface area contributed by atoms with Gasteiger partial charge in [0.05, 0.1) is 16.9 Å². The fourth-order valence-corrected chi connectivity index (χ4v) is 2.89. The zero-order chi connectivity index (χ0) is 17.8. The van der Waals surface area contributed by atoms with Gasteiger partial charge in [0.25, 0.3) is 0 Å². The lowest BCUT2D eigenvalue weighted by atomic mass is 10.1. The number of rotatable bonds is 4. The minimum atomic E-state index is 0.869. The Bertz CT molecular complexity index is 1080. The zero-order valence-electron chi connectivity index (χ0n) is 14.4. The molecule has 0 atom stereocenters. The molecule has 0 spiro atoms. The Morgan fingerprint density at radius 1 is 0.846 bits per heavy atom. The summed E-state index contributed by atoms with van der Waals surface area (Å²) >= 11 is 0. The van der Waals surface area contributed by atoms with Crippen molar-refractivity contribution in [2.75, 3.05) is 0 Å². The minimum absolute atomic E-state index is 0.869. The molecule has 0 aliphatic rings. The first-order chi connectivity index (χ1) is 12.8. The number of aromatic nitrogens is 3. The highest BCUT2D eigenvalue weighted by Crippen LogP contribution is 2.24. The summed E-state index contributed by atoms with van der Waals surface area (Å²) in [5.74, 6) is 0. The van der Waals surface area contributed by atoms with Crippen LogP contribution < -0.4 is 0 Å². The van der Waals surface area contributed by atoms with Crippen molar-refractivity contribution in [2.45, 2.75) is 6.92 Å². The van der Waals surface area contributed by atoms with E-state index in [0.29, 0.717) is 0 Å². The minimum Gasteiger partial charge on any atom is -0.257 e. The lowest BCUT2D eigenvalue weighted by Gasteiger charge is -2.11. The van der Waals surface area contributed by atoms with E-state index < -0.39 is 0 Å². The van der Waals surface area contributed by atoms with E-state index in [2.05, 4.69) is 27.4 Å². The first-order valence-electron chi connectivity index (χ1n) is 8.49. The lowest BCUT2D eigenvalue weighted by Crippen LogP contribution is -2.04. The summed E-state index contributed by atoms with van der Waals surface area (Å²) in [6, 6.07) is 28.1. The number of hydrogen-bond donors (Lipinski definition) is 0. The SMILES string of the molecule is C/C(C=Nc1ccccc1)=C(/c1ccccc1)n1nnc2ccccc21. The number of allylic oxidation sites excluding steroid dienone is 1. The molecule has 4 rings (SSSR count). The topological polar surface area (TPSA) is 43.1 Å². The van der Waals surface area contributed by atoms with Crippen LogP contribution in [0.4, 0.5) is 5.69 Å². The van der Waals surface area contributed by atoms with Crippen LogP contribution in [0.3, 0.4) is 0 Å². The van der Waals surface area contributed by atoms with Crippen molar-refractivity contribution in [3.05, 3.63) is 96.1 Å². The lowest BCUT2D eigenvalue weighted by molar-refractivity contribution is 0.838. The highest BCUT2D eigenvalue weighted by molar-refractivity contribution is 5.93. The molecule has 0 N–H and O–H groups in total. The van der Waals surface area contributed by atoms with E-state index in [9.17, 15) is 0 Å². The molecule has 0 radical (unpaired) electrons. The van der Waals surface area contributed by atoms with E-state index in [1.165, 1.54) is 0 Å². The van der Waals surface area contributed by atoms with E-state index in [1.54, 1.807) is 0 Å². The summed E-state index contributed by atoms with van der Waals surface area (Å²) < 4.78 is 1.89. The second-order valence-corrected chi connectivity index (χ2v) is 5.98. The summed E-state index contributed by atoms with van der Waals surface area (Å²) in [6.07, 6.45) is 1.88. The summed E-state index contributed by atoms with van der Waals surface area (Å²) in [6.45, 7) is 2.05. The van der Waals surface area contributed by atoms with E-state index in [0.717, 1.165) is 33.6 Å². The Morgan fingerprint density at radius 3 is 2.27 bits per heavy atom. The summed E-state index contributed by atoms with van der Waals surface area (Å²) in [5.41, 5.74) is 5.81. The van der Waals surface area contributed by atoms with Gasteiger partial charge in [0.1, 0.15) is 5.52 Å². The third-order valence-corrected chi connectivity index (χ3v) is 4.15. The van der Waals surface area contributed by atoms with Gasteiger partial charge >= 0.3 is 0 Å². The predicted octanol–water partition coefficient (Wildman–Crippen LogP) is 5.11. The molecule has 4 heteroatoms. The summed E-state index contributed by atoms with van der Waals surface area (Å²) in [4.78, 5) is 4.60. The number of benzene rings is 3. The van der Waals surface area contributed by atoms with Crippen LogP contribution in [-0.4, -0.2) is 21.2 Å². The Morgan fingerprint density at radius 2 is 1.50 bits per heavy atom. The van der Waals surface area contributed by atoms with Gasteiger partial charge in [-0.15, -0.1) is 5.10 Å². The Balaban J connectivity index is 1.87. The summed E-state index contributed by atoms with van der Waals surface area (Å²) in [7, 11) is 0. The molecule has 0 aliphatic heterocycles. The van der Waals surface area contributed by atoms with Crippen molar-refractivity contribution in [3.8, 4) is 0 Å². The van der Waals surface area contributed by atoms with E-state index in [1.807, 2.05) is 90.6 Å². The molecule has 0 amide bonds. The smallest absolute Gasteiger partial charge is 0.113 e. The third-order valence-electron chi connectivity index (χ3n) is 4.15. The molecule has 4 nitrogen and oxygen atoms in total. The van der Waals surface area contributed by atoms with Crippen LogP contribution in [0.5, 0.6) is 0 Å². The first-order valence-corrected chi connectivity index (χ1v) is 8.49. The molecule has 0 aliphatic carbocycles. The molecule has 3 aromatic carbocycles. The van der Waals surface area contributed by atoms with Crippen LogP contribution in [0.1, 0.15) is 12.5 Å². The molecular formula is C22H18N4. The van der Waals surface area contributed by atoms with Crippen molar-refractivity contribution >= 4 is 28.6 Å². The van der Waals surface area contributed by atoms with E-state index >= 15 is 0 Å². The number of hydrogen-bond acceptors (Lipinski definition) is 3. The van der Waals surface area contributed by atoms with Gasteiger partial charge in [0, 0.05) is 11.8 Å².